The predicted octanol–water partition coefficient (Wildman–Crippen LogP) is 4.95. The number of aliphatic carboxylic acids is 1. The summed E-state index contributed by atoms with van der Waals surface area (Å²) in [6.45, 7) is 5.55. The molecular formula is C23H25ClN2O4. The molecule has 0 aliphatic rings. The molecule has 0 aliphatic heterocycles. The molecule has 1 N–H and O–H groups in total. The zero-order chi connectivity index (χ0) is 21.9. The van der Waals surface area contributed by atoms with Gasteiger partial charge in [0, 0.05) is 16.1 Å². The number of hydrogen-bond donors (Lipinski definition) is 1. The molecule has 2 aromatic carbocycles. The van der Waals surface area contributed by atoms with Crippen molar-refractivity contribution < 1.29 is 19.4 Å². The maximum Gasteiger partial charge on any atom is 0.335 e. The van der Waals surface area contributed by atoms with Gasteiger partial charge in [-0.15, -0.1) is 0 Å². The quantitative estimate of drug-likeness (QED) is 0.549. The number of benzene rings is 2. The van der Waals surface area contributed by atoms with E-state index in [1.54, 1.807) is 7.11 Å². The molecular weight excluding hydrogens is 404 g/mol. The first-order valence-electron chi connectivity index (χ1n) is 9.54. The molecule has 3 aromatic rings. The van der Waals surface area contributed by atoms with Gasteiger partial charge in [0.05, 0.1) is 31.6 Å². The number of rotatable bonds is 8. The van der Waals surface area contributed by atoms with Gasteiger partial charge in [-0.3, -0.25) is 4.68 Å². The van der Waals surface area contributed by atoms with Crippen molar-refractivity contribution in [2.24, 2.45) is 0 Å². The lowest BCUT2D eigenvalue weighted by Crippen LogP contribution is -2.34. The summed E-state index contributed by atoms with van der Waals surface area (Å²) in [6, 6.07) is 15.4. The van der Waals surface area contributed by atoms with Crippen LogP contribution in [0.3, 0.4) is 0 Å². The number of carbonyl (C=O) groups is 1. The van der Waals surface area contributed by atoms with Gasteiger partial charge in [0.2, 0.25) is 0 Å². The maximum atomic E-state index is 11.4. The molecule has 0 atom stereocenters. The van der Waals surface area contributed by atoms with E-state index < -0.39 is 11.6 Å². The van der Waals surface area contributed by atoms with Crippen LogP contribution in [0.2, 0.25) is 5.02 Å². The van der Waals surface area contributed by atoms with Gasteiger partial charge in [0.15, 0.2) is 5.60 Å². The molecule has 0 fully saturated rings. The fourth-order valence-corrected chi connectivity index (χ4v) is 3.28. The molecule has 0 amide bonds. The zero-order valence-corrected chi connectivity index (χ0v) is 18.2. The summed E-state index contributed by atoms with van der Waals surface area (Å²) in [5, 5.41) is 14.7. The van der Waals surface area contributed by atoms with Crippen molar-refractivity contribution in [3.05, 3.63) is 70.4 Å². The topological polar surface area (TPSA) is 73.6 Å². The number of hydrogen-bond acceptors (Lipinski definition) is 4. The molecule has 0 aliphatic carbocycles. The third-order valence-electron chi connectivity index (χ3n) is 4.99. The second kappa shape index (κ2) is 8.90. The van der Waals surface area contributed by atoms with Gasteiger partial charge >= 0.3 is 5.97 Å². The minimum absolute atomic E-state index is 0.0810. The molecule has 0 saturated carbocycles. The third kappa shape index (κ3) is 4.66. The lowest BCUT2D eigenvalue weighted by molar-refractivity contribution is -0.162. The normalized spacial score (nSPS) is 11.5. The van der Waals surface area contributed by atoms with Gasteiger partial charge in [0.1, 0.15) is 5.75 Å². The molecule has 0 bridgehead atoms. The number of methoxy groups -OCH3 is 1. The second-order valence-corrected chi connectivity index (χ2v) is 7.91. The number of ether oxygens (including phenoxy) is 2. The van der Waals surface area contributed by atoms with Crippen LogP contribution >= 0.6 is 11.6 Å². The van der Waals surface area contributed by atoms with Crippen LogP contribution in [0.15, 0.2) is 48.5 Å². The highest BCUT2D eigenvalue weighted by atomic mass is 35.5. The average Bonchev–Trinajstić information content (AvgIpc) is 3.03. The minimum atomic E-state index is -1.31. The smallest absolute Gasteiger partial charge is 0.335 e. The predicted molar refractivity (Wildman–Crippen MR) is 116 cm³/mol. The molecule has 0 radical (unpaired) electrons. The van der Waals surface area contributed by atoms with E-state index in [0.717, 1.165) is 28.1 Å². The van der Waals surface area contributed by atoms with Gasteiger partial charge in [-0.05, 0) is 44.5 Å². The summed E-state index contributed by atoms with van der Waals surface area (Å²) in [5.74, 6) is -0.286. The van der Waals surface area contributed by atoms with E-state index in [2.05, 4.69) is 0 Å². The van der Waals surface area contributed by atoms with E-state index in [9.17, 15) is 9.90 Å². The first kappa shape index (κ1) is 21.9. The first-order valence-corrected chi connectivity index (χ1v) is 9.92. The number of carboxylic acid groups (broad SMARTS) is 1. The van der Waals surface area contributed by atoms with Gasteiger partial charge in [0.25, 0.3) is 0 Å². The van der Waals surface area contributed by atoms with Gasteiger partial charge in [-0.2, -0.15) is 5.10 Å². The molecule has 3 rings (SSSR count). The van der Waals surface area contributed by atoms with Crippen LogP contribution in [0.5, 0.6) is 5.75 Å². The fraction of sp³-hybridized carbons (Fsp3) is 0.304. The van der Waals surface area contributed by atoms with Crippen molar-refractivity contribution in [3.63, 3.8) is 0 Å². The van der Waals surface area contributed by atoms with Gasteiger partial charge < -0.3 is 14.6 Å². The molecule has 7 heteroatoms. The van der Waals surface area contributed by atoms with E-state index in [4.69, 9.17) is 26.2 Å². The van der Waals surface area contributed by atoms with Gasteiger partial charge in [-0.25, -0.2) is 4.79 Å². The second-order valence-electron chi connectivity index (χ2n) is 7.51. The van der Waals surface area contributed by atoms with Crippen molar-refractivity contribution in [2.75, 3.05) is 7.11 Å². The van der Waals surface area contributed by atoms with Crippen LogP contribution in [-0.4, -0.2) is 33.6 Å². The highest BCUT2D eigenvalue weighted by Crippen LogP contribution is 2.31. The Kier molecular flexibility index (Phi) is 6.48. The Morgan fingerprint density at radius 1 is 1.20 bits per heavy atom. The van der Waals surface area contributed by atoms with Crippen LogP contribution in [0.25, 0.3) is 11.3 Å². The summed E-state index contributed by atoms with van der Waals surface area (Å²) in [6.07, 6.45) is 0. The lowest BCUT2D eigenvalue weighted by Gasteiger charge is -2.19. The Bertz CT molecular complexity index is 1060. The van der Waals surface area contributed by atoms with Crippen molar-refractivity contribution in [1.82, 2.24) is 9.78 Å². The first-order chi connectivity index (χ1) is 14.2. The zero-order valence-electron chi connectivity index (χ0n) is 17.5. The molecule has 0 unspecified atom stereocenters. The number of nitrogens with zero attached hydrogens (tertiary/aromatic N) is 2. The van der Waals surface area contributed by atoms with E-state index in [1.807, 2.05) is 60.1 Å². The Morgan fingerprint density at radius 2 is 1.93 bits per heavy atom. The Balaban J connectivity index is 2.04. The van der Waals surface area contributed by atoms with Crippen LogP contribution in [-0.2, 0) is 22.7 Å². The summed E-state index contributed by atoms with van der Waals surface area (Å²) < 4.78 is 12.9. The Morgan fingerprint density at radius 3 is 2.60 bits per heavy atom. The molecule has 1 aromatic heterocycles. The standard InChI is InChI=1S/C23H25ClN2O4/c1-15-20(14-30-23(2,3)22(27)28)25-26(13-17-8-5-6-11-19(17)24)21(15)16-9-7-10-18(12-16)29-4/h5-12H,13-14H2,1-4H3,(H,27,28). The largest absolute Gasteiger partial charge is 0.497 e. The Hall–Kier alpha value is -2.83. The van der Waals surface area contributed by atoms with Crippen molar-refractivity contribution in [1.29, 1.82) is 0 Å². The van der Waals surface area contributed by atoms with E-state index in [0.29, 0.717) is 17.3 Å². The van der Waals surface area contributed by atoms with Crippen molar-refractivity contribution >= 4 is 17.6 Å². The maximum absolute atomic E-state index is 11.4. The van der Waals surface area contributed by atoms with Crippen molar-refractivity contribution in [2.45, 2.75) is 39.5 Å². The van der Waals surface area contributed by atoms with Crippen LogP contribution in [0, 0.1) is 6.92 Å². The molecule has 0 spiro atoms. The average molecular weight is 429 g/mol. The van der Waals surface area contributed by atoms with Gasteiger partial charge in [-0.1, -0.05) is 41.9 Å². The van der Waals surface area contributed by atoms with Crippen molar-refractivity contribution in [3.8, 4) is 17.0 Å². The van der Waals surface area contributed by atoms with Crippen LogP contribution in [0.4, 0.5) is 0 Å². The SMILES string of the molecule is COc1cccc(-c2c(C)c(COC(C)(C)C(=O)O)nn2Cc2ccccc2Cl)c1. The molecule has 0 saturated heterocycles. The highest BCUT2D eigenvalue weighted by molar-refractivity contribution is 6.31. The fourth-order valence-electron chi connectivity index (χ4n) is 3.09. The van der Waals surface area contributed by atoms with E-state index >= 15 is 0 Å². The van der Waals surface area contributed by atoms with Crippen LogP contribution in [0.1, 0.15) is 30.7 Å². The molecule has 1 heterocycles. The summed E-state index contributed by atoms with van der Waals surface area (Å²) in [5.41, 5.74) is 3.06. The lowest BCUT2D eigenvalue weighted by atomic mass is 10.1. The monoisotopic (exact) mass is 428 g/mol. The summed E-state index contributed by atoms with van der Waals surface area (Å²) in [7, 11) is 1.63. The summed E-state index contributed by atoms with van der Waals surface area (Å²) in [4.78, 5) is 11.4. The third-order valence-corrected chi connectivity index (χ3v) is 5.36. The molecule has 30 heavy (non-hydrogen) atoms. The van der Waals surface area contributed by atoms with E-state index in [-0.39, 0.29) is 6.61 Å². The molecule has 158 valence electrons. The highest BCUT2D eigenvalue weighted by Gasteiger charge is 2.29. The molecule has 6 nitrogen and oxygen atoms in total. The number of carboxylic acids is 1. The van der Waals surface area contributed by atoms with Crippen LogP contribution < -0.4 is 4.74 Å². The summed E-state index contributed by atoms with van der Waals surface area (Å²) >= 11 is 6.37. The number of halogens is 1. The number of aromatic nitrogens is 2. The Labute approximate surface area is 181 Å². The minimum Gasteiger partial charge on any atom is -0.497 e. The van der Waals surface area contributed by atoms with E-state index in [1.165, 1.54) is 13.8 Å².